The highest BCUT2D eigenvalue weighted by molar-refractivity contribution is 5.80. The zero-order valence-electron chi connectivity index (χ0n) is 12.3. The molecular formula is C15H19NO6. The number of carbonyl (C=O) groups excluding carboxylic acids is 1. The number of carboxylic acids is 2. The second kappa shape index (κ2) is 8.66. The van der Waals surface area contributed by atoms with Crippen molar-refractivity contribution in [2.45, 2.75) is 32.4 Å². The molecule has 0 fully saturated rings. The first kappa shape index (κ1) is 17.5. The number of aliphatic carboxylic acids is 2. The summed E-state index contributed by atoms with van der Waals surface area (Å²) in [5, 5.41) is 17.8. The van der Waals surface area contributed by atoms with E-state index < -0.39 is 24.1 Å². The Kier molecular flexibility index (Phi) is 6.88. The summed E-state index contributed by atoms with van der Waals surface area (Å²) in [4.78, 5) is 34.9. The summed E-state index contributed by atoms with van der Waals surface area (Å²) >= 11 is 0. The molecule has 22 heavy (non-hydrogen) atoms. The summed E-state index contributed by atoms with van der Waals surface area (Å²) < 4.78 is 5.10. The quantitative estimate of drug-likeness (QED) is 0.760. The zero-order chi connectivity index (χ0) is 16.5. The minimum atomic E-state index is -1.25. The van der Waals surface area contributed by atoms with Gasteiger partial charge in [0.1, 0.15) is 12.6 Å². The van der Waals surface area contributed by atoms with E-state index in [-0.39, 0.29) is 26.0 Å². The molecule has 7 heteroatoms. The number of ether oxygens (including phenoxy) is 1. The lowest BCUT2D eigenvalue weighted by Gasteiger charge is -2.26. The molecule has 120 valence electrons. The summed E-state index contributed by atoms with van der Waals surface area (Å²) in [6.07, 6.45) is -1.28. The van der Waals surface area contributed by atoms with E-state index in [4.69, 9.17) is 9.84 Å². The molecule has 1 aromatic rings. The summed E-state index contributed by atoms with van der Waals surface area (Å²) in [6, 6.07) is 7.77. The highest BCUT2D eigenvalue weighted by atomic mass is 16.6. The number of carbonyl (C=O) groups is 3. The van der Waals surface area contributed by atoms with Crippen LogP contribution < -0.4 is 0 Å². The van der Waals surface area contributed by atoms with Crippen molar-refractivity contribution in [3.8, 4) is 0 Å². The van der Waals surface area contributed by atoms with E-state index in [9.17, 15) is 19.5 Å². The Bertz CT molecular complexity index is 516. The summed E-state index contributed by atoms with van der Waals surface area (Å²) in [6.45, 7) is 1.76. The average molecular weight is 309 g/mol. The maximum atomic E-state index is 12.0. The molecule has 1 aromatic carbocycles. The third-order valence-electron chi connectivity index (χ3n) is 3.07. The number of amides is 1. The standard InChI is InChI=1S/C15H19NO6/c1-2-16(12(14(19)20)8-9-13(17)18)15(21)22-10-11-6-4-3-5-7-11/h3-7,12H,2,8-10H2,1H3,(H,17,18)(H,19,20)/t12-/m0/s1. The first-order chi connectivity index (χ1) is 10.5. The third kappa shape index (κ3) is 5.43. The Morgan fingerprint density at radius 1 is 1.18 bits per heavy atom. The van der Waals surface area contributed by atoms with Crippen molar-refractivity contribution in [3.05, 3.63) is 35.9 Å². The normalized spacial score (nSPS) is 11.5. The fraction of sp³-hybridized carbons (Fsp3) is 0.400. The Hall–Kier alpha value is -2.57. The number of hydrogen-bond donors (Lipinski definition) is 2. The van der Waals surface area contributed by atoms with Crippen LogP contribution in [0.15, 0.2) is 30.3 Å². The molecule has 2 N–H and O–H groups in total. The second-order valence-electron chi connectivity index (χ2n) is 4.61. The molecule has 0 aliphatic heterocycles. The van der Waals surface area contributed by atoms with E-state index in [2.05, 4.69) is 0 Å². The summed E-state index contributed by atoms with van der Waals surface area (Å²) in [5.74, 6) is -2.36. The Balaban J connectivity index is 2.67. The Morgan fingerprint density at radius 3 is 2.32 bits per heavy atom. The van der Waals surface area contributed by atoms with Crippen molar-refractivity contribution >= 4 is 18.0 Å². The molecule has 0 aromatic heterocycles. The molecule has 0 saturated carbocycles. The van der Waals surface area contributed by atoms with Gasteiger partial charge in [0.05, 0.1) is 0 Å². The molecule has 1 atom stereocenters. The van der Waals surface area contributed by atoms with E-state index in [1.165, 1.54) is 0 Å². The van der Waals surface area contributed by atoms with Crippen LogP contribution in [0.4, 0.5) is 4.79 Å². The number of hydrogen-bond acceptors (Lipinski definition) is 4. The van der Waals surface area contributed by atoms with Gasteiger partial charge in [-0.25, -0.2) is 9.59 Å². The van der Waals surface area contributed by atoms with Gasteiger partial charge >= 0.3 is 18.0 Å². The van der Waals surface area contributed by atoms with Gasteiger partial charge in [-0.2, -0.15) is 0 Å². The van der Waals surface area contributed by atoms with Crippen LogP contribution in [-0.2, 0) is 20.9 Å². The van der Waals surface area contributed by atoms with Crippen LogP contribution in [0.1, 0.15) is 25.3 Å². The van der Waals surface area contributed by atoms with Gasteiger partial charge in [-0.15, -0.1) is 0 Å². The molecule has 0 unspecified atom stereocenters. The molecular weight excluding hydrogens is 290 g/mol. The van der Waals surface area contributed by atoms with Crippen molar-refractivity contribution < 1.29 is 29.3 Å². The van der Waals surface area contributed by atoms with Gasteiger partial charge < -0.3 is 14.9 Å². The van der Waals surface area contributed by atoms with Gasteiger partial charge in [-0.1, -0.05) is 30.3 Å². The topological polar surface area (TPSA) is 104 Å². The molecule has 1 amide bonds. The van der Waals surface area contributed by atoms with E-state index >= 15 is 0 Å². The maximum Gasteiger partial charge on any atom is 0.410 e. The van der Waals surface area contributed by atoms with Gasteiger partial charge in [0.25, 0.3) is 0 Å². The fourth-order valence-corrected chi connectivity index (χ4v) is 1.95. The lowest BCUT2D eigenvalue weighted by atomic mass is 10.1. The Labute approximate surface area is 128 Å². The van der Waals surface area contributed by atoms with Crippen molar-refractivity contribution in [3.63, 3.8) is 0 Å². The van der Waals surface area contributed by atoms with E-state index in [0.717, 1.165) is 10.5 Å². The molecule has 0 aliphatic rings. The summed E-state index contributed by atoms with van der Waals surface area (Å²) in [7, 11) is 0. The predicted molar refractivity (Wildman–Crippen MR) is 77.3 cm³/mol. The SMILES string of the molecule is CCN(C(=O)OCc1ccccc1)[C@@H](CCC(=O)O)C(=O)O. The van der Waals surface area contributed by atoms with Crippen LogP contribution in [0, 0.1) is 0 Å². The van der Waals surface area contributed by atoms with Gasteiger partial charge in [0.15, 0.2) is 0 Å². The van der Waals surface area contributed by atoms with Crippen molar-refractivity contribution in [2.24, 2.45) is 0 Å². The van der Waals surface area contributed by atoms with Crippen molar-refractivity contribution in [1.29, 1.82) is 0 Å². The van der Waals surface area contributed by atoms with Crippen LogP contribution in [0.25, 0.3) is 0 Å². The summed E-state index contributed by atoms with van der Waals surface area (Å²) in [5.41, 5.74) is 0.782. The Morgan fingerprint density at radius 2 is 1.82 bits per heavy atom. The zero-order valence-corrected chi connectivity index (χ0v) is 12.3. The van der Waals surface area contributed by atoms with Gasteiger partial charge in [0, 0.05) is 13.0 Å². The maximum absolute atomic E-state index is 12.0. The third-order valence-corrected chi connectivity index (χ3v) is 3.07. The lowest BCUT2D eigenvalue weighted by molar-refractivity contribution is -0.144. The van der Waals surface area contributed by atoms with Crippen LogP contribution in [0.3, 0.4) is 0 Å². The number of benzene rings is 1. The fourth-order valence-electron chi connectivity index (χ4n) is 1.95. The monoisotopic (exact) mass is 309 g/mol. The molecule has 0 bridgehead atoms. The second-order valence-corrected chi connectivity index (χ2v) is 4.61. The number of nitrogens with zero attached hydrogens (tertiary/aromatic N) is 1. The first-order valence-electron chi connectivity index (χ1n) is 6.87. The number of rotatable bonds is 8. The van der Waals surface area contributed by atoms with Gasteiger partial charge in [0.2, 0.25) is 0 Å². The minimum absolute atomic E-state index is 0.0292. The molecule has 1 rings (SSSR count). The highest BCUT2D eigenvalue weighted by Gasteiger charge is 2.30. The molecule has 7 nitrogen and oxygen atoms in total. The number of carboxylic acid groups (broad SMARTS) is 2. The molecule has 0 spiro atoms. The molecule has 0 saturated heterocycles. The molecule has 0 heterocycles. The van der Waals surface area contributed by atoms with Crippen LogP contribution in [-0.4, -0.2) is 45.7 Å². The van der Waals surface area contributed by atoms with E-state index in [1.54, 1.807) is 31.2 Å². The van der Waals surface area contributed by atoms with Crippen LogP contribution in [0.5, 0.6) is 0 Å². The average Bonchev–Trinajstić information content (AvgIpc) is 2.49. The largest absolute Gasteiger partial charge is 0.481 e. The van der Waals surface area contributed by atoms with Crippen molar-refractivity contribution in [1.82, 2.24) is 4.90 Å². The van der Waals surface area contributed by atoms with Gasteiger partial charge in [-0.3, -0.25) is 9.69 Å². The molecule has 0 aliphatic carbocycles. The minimum Gasteiger partial charge on any atom is -0.481 e. The molecule has 0 radical (unpaired) electrons. The lowest BCUT2D eigenvalue weighted by Crippen LogP contribution is -2.45. The van der Waals surface area contributed by atoms with Crippen LogP contribution >= 0.6 is 0 Å². The first-order valence-corrected chi connectivity index (χ1v) is 6.87. The van der Waals surface area contributed by atoms with Crippen molar-refractivity contribution in [2.75, 3.05) is 6.54 Å². The van der Waals surface area contributed by atoms with E-state index in [0.29, 0.717) is 0 Å². The van der Waals surface area contributed by atoms with Crippen LogP contribution in [0.2, 0.25) is 0 Å². The number of likely N-dealkylation sites (N-methyl/N-ethyl adjacent to an activating group) is 1. The smallest absolute Gasteiger partial charge is 0.410 e. The van der Waals surface area contributed by atoms with E-state index in [1.807, 2.05) is 6.07 Å². The highest BCUT2D eigenvalue weighted by Crippen LogP contribution is 2.11. The predicted octanol–water partition coefficient (Wildman–Crippen LogP) is 1.96. The van der Waals surface area contributed by atoms with Gasteiger partial charge in [-0.05, 0) is 18.9 Å².